The highest BCUT2D eigenvalue weighted by molar-refractivity contribution is 7.47. The smallest absolute Gasteiger partial charge is 0.457 e. The maximum absolute atomic E-state index is 12.6. The van der Waals surface area contributed by atoms with Crippen molar-refractivity contribution in [2.75, 3.05) is 33.0 Å². The summed E-state index contributed by atoms with van der Waals surface area (Å²) in [7, 11) is -4.28. The van der Waals surface area contributed by atoms with Crippen molar-refractivity contribution in [3.63, 3.8) is 0 Å². The van der Waals surface area contributed by atoms with Crippen molar-refractivity contribution >= 4 is 13.8 Å². The molecule has 0 aliphatic rings. The van der Waals surface area contributed by atoms with Gasteiger partial charge in [-0.1, -0.05) is 159 Å². The number of nitrogens with two attached hydrogens (primary N) is 1. The summed E-state index contributed by atoms with van der Waals surface area (Å²) in [6.45, 7) is 4.88. The summed E-state index contributed by atoms with van der Waals surface area (Å²) in [5.41, 5.74) is 5.37. The number of ether oxygens (including phenoxy) is 2. The zero-order chi connectivity index (χ0) is 38.8. The van der Waals surface area contributed by atoms with Gasteiger partial charge in [0, 0.05) is 19.6 Å². The van der Waals surface area contributed by atoms with Crippen LogP contribution in [0.5, 0.6) is 0 Å². The minimum absolute atomic E-state index is 0.0975. The second kappa shape index (κ2) is 41.9. The first-order valence-corrected chi connectivity index (χ1v) is 23.5. The molecule has 0 aromatic rings. The summed E-state index contributed by atoms with van der Waals surface area (Å²) in [4.78, 5) is 22.5. The molecule has 9 heteroatoms. The molecule has 3 N–H and O–H groups in total. The quantitative estimate of drug-likeness (QED) is 0.0273. The van der Waals surface area contributed by atoms with Gasteiger partial charge in [0.2, 0.25) is 0 Å². The van der Waals surface area contributed by atoms with Crippen molar-refractivity contribution < 1.29 is 32.8 Å². The van der Waals surface area contributed by atoms with Crippen LogP contribution in [0.1, 0.15) is 200 Å². The summed E-state index contributed by atoms with van der Waals surface area (Å²) in [5.74, 6) is -0.337. The van der Waals surface area contributed by atoms with Gasteiger partial charge in [0.15, 0.2) is 0 Å². The average molecular weight is 770 g/mol. The lowest BCUT2D eigenvalue weighted by molar-refractivity contribution is -0.154. The molecule has 2 unspecified atom stereocenters. The molecule has 2 atom stereocenters. The first kappa shape index (κ1) is 51.7. The van der Waals surface area contributed by atoms with Gasteiger partial charge in [0.1, 0.15) is 6.10 Å². The topological polar surface area (TPSA) is 117 Å². The van der Waals surface area contributed by atoms with E-state index in [1.54, 1.807) is 0 Å². The van der Waals surface area contributed by atoms with Gasteiger partial charge in [-0.15, -0.1) is 0 Å². The second-order valence-electron chi connectivity index (χ2n) is 14.6. The highest BCUT2D eigenvalue weighted by Gasteiger charge is 2.25. The SMILES string of the molecule is CCCCC/C=C\CCCCCCCCOCC(COP(=O)(O)OCCN)OC(=O)CCCCCCCCCCC/C=C\C/C=C\CCCCCCC. The molecule has 0 aliphatic carbocycles. The van der Waals surface area contributed by atoms with Gasteiger partial charge in [0.05, 0.1) is 19.8 Å². The molecule has 0 saturated carbocycles. The fraction of sp³-hybridized carbons (Fsp3) is 0.841. The largest absolute Gasteiger partial charge is 0.472 e. The number of allylic oxidation sites excluding steroid dienone is 6. The molecule has 0 amide bonds. The Morgan fingerprint density at radius 2 is 1.00 bits per heavy atom. The molecule has 312 valence electrons. The summed E-state index contributed by atoms with van der Waals surface area (Å²) in [6, 6.07) is 0. The van der Waals surface area contributed by atoms with Gasteiger partial charge in [-0.3, -0.25) is 13.8 Å². The third kappa shape index (κ3) is 41.7. The van der Waals surface area contributed by atoms with Gasteiger partial charge in [0.25, 0.3) is 0 Å². The maximum atomic E-state index is 12.6. The molecule has 53 heavy (non-hydrogen) atoms. The summed E-state index contributed by atoms with van der Waals surface area (Å²) in [5, 5.41) is 0. The molecular formula is C44H84NO7P. The van der Waals surface area contributed by atoms with Crippen LogP contribution in [-0.2, 0) is 27.9 Å². The number of phosphoric acid groups is 1. The number of carbonyl (C=O) groups excluding carboxylic acids is 1. The van der Waals surface area contributed by atoms with E-state index in [9.17, 15) is 14.3 Å². The van der Waals surface area contributed by atoms with Crippen LogP contribution in [0.15, 0.2) is 36.5 Å². The molecule has 0 spiro atoms. The van der Waals surface area contributed by atoms with Crippen molar-refractivity contribution in [1.82, 2.24) is 0 Å². The van der Waals surface area contributed by atoms with Crippen molar-refractivity contribution in [1.29, 1.82) is 0 Å². The van der Waals surface area contributed by atoms with E-state index in [0.717, 1.165) is 38.5 Å². The standard InChI is InChI=1S/C44H84NO7P/c1-3-5-7-9-11-13-15-17-18-19-20-21-22-23-24-25-27-29-31-33-35-37-44(46)52-43(42-51-53(47,48)50-40-38-45)41-49-39-36-34-32-30-28-26-16-14-12-10-8-6-4-2/h12,14-15,17,19-20,43H,3-11,13,16,18,21-42,45H2,1-2H3,(H,47,48)/b14-12-,17-15-,20-19-. The Morgan fingerprint density at radius 3 is 1.53 bits per heavy atom. The van der Waals surface area contributed by atoms with Gasteiger partial charge in [-0.25, -0.2) is 4.57 Å². The molecule has 0 aliphatic heterocycles. The second-order valence-corrected chi connectivity index (χ2v) is 16.0. The zero-order valence-corrected chi connectivity index (χ0v) is 35.4. The highest BCUT2D eigenvalue weighted by Crippen LogP contribution is 2.43. The molecule has 0 saturated heterocycles. The van der Waals surface area contributed by atoms with Crippen molar-refractivity contribution in [3.05, 3.63) is 36.5 Å². The number of carbonyl (C=O) groups is 1. The number of hydrogen-bond donors (Lipinski definition) is 2. The molecule has 0 heterocycles. The van der Waals surface area contributed by atoms with Gasteiger partial charge < -0.3 is 20.1 Å². The molecule has 0 radical (unpaired) electrons. The van der Waals surface area contributed by atoms with Crippen LogP contribution in [0.25, 0.3) is 0 Å². The Kier molecular flexibility index (Phi) is 40.9. The van der Waals surface area contributed by atoms with Crippen LogP contribution in [0, 0.1) is 0 Å². The predicted octanol–water partition coefficient (Wildman–Crippen LogP) is 13.0. The molecule has 0 fully saturated rings. The predicted molar refractivity (Wildman–Crippen MR) is 224 cm³/mol. The van der Waals surface area contributed by atoms with Crippen LogP contribution in [0.4, 0.5) is 0 Å². The molecular weight excluding hydrogens is 685 g/mol. The van der Waals surface area contributed by atoms with Crippen LogP contribution in [0.3, 0.4) is 0 Å². The number of phosphoric ester groups is 1. The summed E-state index contributed by atoms with van der Waals surface area (Å²) < 4.78 is 33.4. The number of unbranched alkanes of at least 4 members (excludes halogenated alkanes) is 23. The minimum atomic E-state index is -4.28. The summed E-state index contributed by atoms with van der Waals surface area (Å²) in [6.07, 6.45) is 47.3. The van der Waals surface area contributed by atoms with Gasteiger partial charge in [-0.05, 0) is 70.6 Å². The average Bonchev–Trinajstić information content (AvgIpc) is 3.15. The fourth-order valence-corrected chi connectivity index (χ4v) is 6.79. The number of esters is 1. The normalized spacial score (nSPS) is 13.8. The Hall–Kier alpha value is -1.28. The molecule has 0 aromatic carbocycles. The van der Waals surface area contributed by atoms with E-state index in [-0.39, 0.29) is 32.3 Å². The van der Waals surface area contributed by atoms with E-state index >= 15 is 0 Å². The monoisotopic (exact) mass is 770 g/mol. The Balaban J connectivity index is 4.00. The van der Waals surface area contributed by atoms with E-state index < -0.39 is 13.9 Å². The van der Waals surface area contributed by atoms with Crippen molar-refractivity contribution in [3.8, 4) is 0 Å². The zero-order valence-electron chi connectivity index (χ0n) is 34.5. The summed E-state index contributed by atoms with van der Waals surface area (Å²) >= 11 is 0. The lowest BCUT2D eigenvalue weighted by Crippen LogP contribution is -2.28. The van der Waals surface area contributed by atoms with E-state index in [2.05, 4.69) is 50.3 Å². The van der Waals surface area contributed by atoms with E-state index in [4.69, 9.17) is 24.3 Å². The fourth-order valence-electron chi connectivity index (χ4n) is 6.02. The first-order valence-electron chi connectivity index (χ1n) is 22.0. The molecule has 0 aromatic heterocycles. The van der Waals surface area contributed by atoms with Crippen molar-refractivity contribution in [2.24, 2.45) is 5.73 Å². The van der Waals surface area contributed by atoms with Crippen LogP contribution >= 0.6 is 7.82 Å². The lowest BCUT2D eigenvalue weighted by Gasteiger charge is -2.20. The van der Waals surface area contributed by atoms with Gasteiger partial charge in [-0.2, -0.15) is 0 Å². The van der Waals surface area contributed by atoms with E-state index in [1.165, 1.54) is 141 Å². The number of hydrogen-bond acceptors (Lipinski definition) is 7. The third-order valence-corrected chi connectivity index (χ3v) is 10.3. The number of rotatable bonds is 42. The van der Waals surface area contributed by atoms with Crippen LogP contribution in [-0.4, -0.2) is 49.9 Å². The van der Waals surface area contributed by atoms with E-state index in [1.807, 2.05) is 0 Å². The maximum Gasteiger partial charge on any atom is 0.472 e. The van der Waals surface area contributed by atoms with Gasteiger partial charge >= 0.3 is 13.8 Å². The minimum Gasteiger partial charge on any atom is -0.457 e. The molecule has 0 rings (SSSR count). The third-order valence-electron chi connectivity index (χ3n) is 9.28. The Bertz CT molecular complexity index is 910. The highest BCUT2D eigenvalue weighted by atomic mass is 31.2. The van der Waals surface area contributed by atoms with Crippen LogP contribution in [0.2, 0.25) is 0 Å². The first-order chi connectivity index (χ1) is 25.9. The van der Waals surface area contributed by atoms with Crippen LogP contribution < -0.4 is 5.73 Å². The molecule has 8 nitrogen and oxygen atoms in total. The van der Waals surface area contributed by atoms with Crippen molar-refractivity contribution in [2.45, 2.75) is 206 Å². The Morgan fingerprint density at radius 1 is 0.566 bits per heavy atom. The molecule has 0 bridgehead atoms. The van der Waals surface area contributed by atoms with E-state index in [0.29, 0.717) is 13.0 Å². The lowest BCUT2D eigenvalue weighted by atomic mass is 10.1. The Labute approximate surface area is 327 Å².